The van der Waals surface area contributed by atoms with Crippen LogP contribution in [0.15, 0.2) is 54.9 Å². The van der Waals surface area contributed by atoms with Gasteiger partial charge in [0.05, 0.1) is 11.6 Å². The average molecular weight is 651 g/mol. The van der Waals surface area contributed by atoms with E-state index < -0.39 is 41.1 Å². The van der Waals surface area contributed by atoms with Crippen molar-refractivity contribution in [2.45, 2.75) is 82.6 Å². The molecule has 250 valence electrons. The molecule has 12 heteroatoms. The van der Waals surface area contributed by atoms with E-state index in [2.05, 4.69) is 44.5 Å². The molecule has 2 saturated heterocycles. The number of benzene rings is 2. The van der Waals surface area contributed by atoms with E-state index in [9.17, 15) is 22.8 Å². The summed E-state index contributed by atoms with van der Waals surface area (Å²) < 4.78 is 48.3. The van der Waals surface area contributed by atoms with Crippen LogP contribution in [-0.4, -0.2) is 81.7 Å². The van der Waals surface area contributed by atoms with E-state index in [1.165, 1.54) is 18.0 Å². The zero-order valence-electron chi connectivity index (χ0n) is 27.0. The smallest absolute Gasteiger partial charge is 0.407 e. The minimum atomic E-state index is -1.29. The summed E-state index contributed by atoms with van der Waals surface area (Å²) in [6.45, 7) is 8.16. The quantitative estimate of drug-likeness (QED) is 0.315. The fourth-order valence-electron chi connectivity index (χ4n) is 6.63. The molecule has 1 aliphatic carbocycles. The number of aromatic nitrogens is 2. The molecule has 1 saturated carbocycles. The topological polar surface area (TPSA) is 90.9 Å². The minimum Gasteiger partial charge on any atom is -0.444 e. The zero-order valence-corrected chi connectivity index (χ0v) is 27.0. The molecule has 2 amide bonds. The van der Waals surface area contributed by atoms with Crippen molar-refractivity contribution in [3.63, 3.8) is 0 Å². The van der Waals surface area contributed by atoms with E-state index in [0.29, 0.717) is 11.6 Å². The highest BCUT2D eigenvalue weighted by Crippen LogP contribution is 2.35. The molecule has 3 aliphatic rings. The molecule has 0 bridgehead atoms. The van der Waals surface area contributed by atoms with Crippen LogP contribution in [0.4, 0.5) is 23.9 Å². The summed E-state index contributed by atoms with van der Waals surface area (Å²) in [5.41, 5.74) is 0.821. The third-order valence-electron chi connectivity index (χ3n) is 9.00. The van der Waals surface area contributed by atoms with E-state index in [1.807, 2.05) is 11.0 Å². The van der Waals surface area contributed by atoms with Crippen LogP contribution in [0.2, 0.25) is 0 Å². The Labute approximate surface area is 273 Å². The van der Waals surface area contributed by atoms with E-state index >= 15 is 0 Å². The van der Waals surface area contributed by atoms with Gasteiger partial charge in [0.15, 0.2) is 11.6 Å². The molecule has 9 nitrogen and oxygen atoms in total. The largest absolute Gasteiger partial charge is 0.444 e. The summed E-state index contributed by atoms with van der Waals surface area (Å²) in [5.74, 6) is -3.96. The van der Waals surface area contributed by atoms with Crippen molar-refractivity contribution in [1.29, 1.82) is 0 Å². The number of nitrogens with zero attached hydrogens (tertiary/aromatic N) is 5. The maximum atomic E-state index is 14.9. The average Bonchev–Trinajstić information content (AvgIpc) is 3.78. The van der Waals surface area contributed by atoms with Crippen LogP contribution in [0, 0.1) is 17.5 Å². The van der Waals surface area contributed by atoms with Crippen LogP contribution >= 0.6 is 0 Å². The van der Waals surface area contributed by atoms with E-state index in [4.69, 9.17) is 4.74 Å². The van der Waals surface area contributed by atoms with Gasteiger partial charge in [-0.2, -0.15) is 0 Å². The predicted octanol–water partition coefficient (Wildman–Crippen LogP) is 5.66. The monoisotopic (exact) mass is 650 g/mol. The molecule has 0 radical (unpaired) electrons. The van der Waals surface area contributed by atoms with Crippen LogP contribution in [0.5, 0.6) is 0 Å². The van der Waals surface area contributed by atoms with Gasteiger partial charge in [-0.25, -0.2) is 27.9 Å². The van der Waals surface area contributed by atoms with Gasteiger partial charge in [0.25, 0.3) is 5.91 Å². The molecule has 6 rings (SSSR count). The van der Waals surface area contributed by atoms with Gasteiger partial charge in [0.1, 0.15) is 11.4 Å². The lowest BCUT2D eigenvalue weighted by atomic mass is 9.93. The zero-order chi connectivity index (χ0) is 33.3. The molecular formula is C35H41F3N6O3. The first-order valence-corrected chi connectivity index (χ1v) is 16.2. The molecule has 3 fully saturated rings. The van der Waals surface area contributed by atoms with Crippen LogP contribution in [-0.2, 0) is 11.3 Å². The van der Waals surface area contributed by atoms with Gasteiger partial charge in [-0.15, -0.1) is 0 Å². The second kappa shape index (κ2) is 13.5. The Kier molecular flexibility index (Phi) is 9.41. The summed E-state index contributed by atoms with van der Waals surface area (Å²) >= 11 is 0. The van der Waals surface area contributed by atoms with E-state index in [0.717, 1.165) is 51.4 Å². The molecule has 3 aromatic rings. The van der Waals surface area contributed by atoms with Gasteiger partial charge in [0, 0.05) is 69.2 Å². The van der Waals surface area contributed by atoms with Crippen molar-refractivity contribution in [2.75, 3.05) is 31.1 Å². The number of nitrogens with one attached hydrogen (secondary N) is 1. The lowest BCUT2D eigenvalue weighted by Crippen LogP contribution is -2.48. The SMILES string of the molecule is CC(C)(C)OC(=O)N[C@H]1CN(c2ncc(C(=O)N(C3CC3)C3CCN(Cc4ccccc4)CC3)cn2)C[C@@H]1c1cc(F)c(F)cc1F. The normalized spacial score (nSPS) is 20.7. The maximum absolute atomic E-state index is 14.9. The van der Waals surface area contributed by atoms with Gasteiger partial charge >= 0.3 is 6.09 Å². The first kappa shape index (κ1) is 32.7. The minimum absolute atomic E-state index is 0.0749. The number of halogens is 3. The highest BCUT2D eigenvalue weighted by molar-refractivity contribution is 5.94. The summed E-state index contributed by atoms with van der Waals surface area (Å²) in [7, 11) is 0. The molecule has 0 unspecified atom stereocenters. The van der Waals surface area contributed by atoms with Crippen molar-refractivity contribution in [3.05, 3.63) is 89.0 Å². The van der Waals surface area contributed by atoms with Crippen molar-refractivity contribution >= 4 is 17.9 Å². The fourth-order valence-corrected chi connectivity index (χ4v) is 6.63. The number of piperidine rings is 1. The van der Waals surface area contributed by atoms with Crippen LogP contribution < -0.4 is 10.2 Å². The number of hydrogen-bond acceptors (Lipinski definition) is 7. The molecule has 2 atom stereocenters. The number of alkyl carbamates (subject to hydrolysis) is 1. The Morgan fingerprint density at radius 2 is 1.55 bits per heavy atom. The second-order valence-electron chi connectivity index (χ2n) is 13.8. The Hall–Kier alpha value is -4.19. The first-order chi connectivity index (χ1) is 22.4. The van der Waals surface area contributed by atoms with Crippen LogP contribution in [0.1, 0.15) is 73.9 Å². The molecular weight excluding hydrogens is 609 g/mol. The maximum Gasteiger partial charge on any atom is 0.407 e. The van der Waals surface area contributed by atoms with Gasteiger partial charge in [-0.1, -0.05) is 30.3 Å². The summed E-state index contributed by atoms with van der Waals surface area (Å²) in [5, 5.41) is 2.76. The second-order valence-corrected chi connectivity index (χ2v) is 13.8. The number of ether oxygens (including phenoxy) is 1. The highest BCUT2D eigenvalue weighted by Gasteiger charge is 2.41. The third-order valence-corrected chi connectivity index (χ3v) is 9.00. The first-order valence-electron chi connectivity index (χ1n) is 16.2. The Morgan fingerprint density at radius 1 is 0.915 bits per heavy atom. The number of likely N-dealkylation sites (tertiary alicyclic amines) is 1. The molecule has 2 aliphatic heterocycles. The lowest BCUT2D eigenvalue weighted by molar-refractivity contribution is 0.0502. The van der Waals surface area contributed by atoms with Gasteiger partial charge in [-0.3, -0.25) is 9.69 Å². The molecule has 2 aromatic carbocycles. The lowest BCUT2D eigenvalue weighted by Gasteiger charge is -2.39. The van der Waals surface area contributed by atoms with E-state index in [1.54, 1.807) is 25.7 Å². The van der Waals surface area contributed by atoms with Crippen molar-refractivity contribution < 1.29 is 27.5 Å². The third kappa shape index (κ3) is 7.86. The van der Waals surface area contributed by atoms with Crippen molar-refractivity contribution in [3.8, 4) is 0 Å². The molecule has 47 heavy (non-hydrogen) atoms. The number of hydrogen-bond donors (Lipinski definition) is 1. The number of anilines is 1. The molecule has 1 N–H and O–H groups in total. The Morgan fingerprint density at radius 3 is 2.19 bits per heavy atom. The van der Waals surface area contributed by atoms with Gasteiger partial charge in [-0.05, 0) is 63.6 Å². The van der Waals surface area contributed by atoms with Gasteiger partial charge in [0.2, 0.25) is 5.95 Å². The molecule has 0 spiro atoms. The van der Waals surface area contributed by atoms with E-state index in [-0.39, 0.29) is 42.6 Å². The number of carbonyl (C=O) groups is 2. The Bertz CT molecular complexity index is 1570. The van der Waals surface area contributed by atoms with Crippen molar-refractivity contribution in [1.82, 2.24) is 25.1 Å². The summed E-state index contributed by atoms with van der Waals surface area (Å²) in [6, 6.07) is 11.4. The number of carbonyl (C=O) groups excluding carboxylic acids is 2. The number of amides is 2. The van der Waals surface area contributed by atoms with Crippen molar-refractivity contribution in [2.24, 2.45) is 0 Å². The highest BCUT2D eigenvalue weighted by atomic mass is 19.2. The molecule has 3 heterocycles. The van der Waals surface area contributed by atoms with Crippen LogP contribution in [0.25, 0.3) is 0 Å². The summed E-state index contributed by atoms with van der Waals surface area (Å²) in [6.07, 6.45) is 6.06. The fraction of sp³-hybridized carbons (Fsp3) is 0.486. The standard InChI is InChI=1S/C35H41F3N6O3/c1-35(2,3)47-34(46)41-31-21-43(20-27(31)26-15-29(37)30(38)16-28(26)36)33-39-17-23(18-40-33)32(45)44(24-9-10-24)25-11-13-42(14-12-25)19-22-7-5-4-6-8-22/h4-8,15-18,24-25,27,31H,9-14,19-21H2,1-3H3,(H,41,46)/t27-,31+/m1/s1. The predicted molar refractivity (Wildman–Crippen MR) is 170 cm³/mol. The van der Waals surface area contributed by atoms with Crippen LogP contribution in [0.3, 0.4) is 0 Å². The number of rotatable bonds is 8. The summed E-state index contributed by atoms with van der Waals surface area (Å²) in [4.78, 5) is 41.6. The Balaban J connectivity index is 1.14. The van der Waals surface area contributed by atoms with Gasteiger partial charge < -0.3 is 19.9 Å². The molecule has 1 aromatic heterocycles.